The lowest BCUT2D eigenvalue weighted by molar-refractivity contribution is -0.136. The molecule has 0 N–H and O–H groups in total. The average Bonchev–Trinajstić information content (AvgIpc) is 2.82. The smallest absolute Gasteiger partial charge is 0.226 e. The molecule has 18 heavy (non-hydrogen) atoms. The van der Waals surface area contributed by atoms with Gasteiger partial charge >= 0.3 is 0 Å². The van der Waals surface area contributed by atoms with Crippen molar-refractivity contribution in [3.05, 3.63) is 23.9 Å². The Hall–Kier alpha value is -1.65. The molecule has 1 aliphatic rings. The Morgan fingerprint density at radius 1 is 1.56 bits per heavy atom. The maximum Gasteiger partial charge on any atom is 0.226 e. The molecular weight excluding hydrogens is 230 g/mol. The lowest BCUT2D eigenvalue weighted by Crippen LogP contribution is -2.36. The van der Waals surface area contributed by atoms with E-state index in [2.05, 4.69) is 22.3 Å². The molecule has 5 nitrogen and oxygen atoms in total. The molecule has 0 bridgehead atoms. The highest BCUT2D eigenvalue weighted by atomic mass is 16.5. The molecule has 1 atom stereocenters. The van der Waals surface area contributed by atoms with Crippen LogP contribution in [-0.2, 0) is 11.3 Å². The van der Waals surface area contributed by atoms with Crippen molar-refractivity contribution >= 4 is 5.91 Å². The van der Waals surface area contributed by atoms with Crippen LogP contribution in [0.1, 0.15) is 37.9 Å². The highest BCUT2D eigenvalue weighted by Gasteiger charge is 2.24. The first kappa shape index (κ1) is 12.8. The Morgan fingerprint density at radius 2 is 2.39 bits per heavy atom. The van der Waals surface area contributed by atoms with Crippen LogP contribution < -0.4 is 0 Å². The molecule has 1 aliphatic carbocycles. The molecule has 0 saturated heterocycles. The Morgan fingerprint density at radius 3 is 2.94 bits per heavy atom. The summed E-state index contributed by atoms with van der Waals surface area (Å²) >= 11 is 0. The van der Waals surface area contributed by atoms with Gasteiger partial charge in [0.1, 0.15) is 0 Å². The molecule has 0 fully saturated rings. The molecule has 0 radical (unpaired) electrons. The van der Waals surface area contributed by atoms with Gasteiger partial charge in [0.05, 0.1) is 6.54 Å². The van der Waals surface area contributed by atoms with Gasteiger partial charge in [-0.15, -0.1) is 0 Å². The first-order chi connectivity index (χ1) is 8.70. The predicted molar refractivity (Wildman–Crippen MR) is 66.6 cm³/mol. The fourth-order valence-corrected chi connectivity index (χ4v) is 2.20. The Kier molecular flexibility index (Phi) is 4.12. The van der Waals surface area contributed by atoms with Crippen LogP contribution in [0, 0.1) is 12.8 Å². The van der Waals surface area contributed by atoms with Crippen LogP contribution >= 0.6 is 0 Å². The minimum absolute atomic E-state index is 0.114. The quantitative estimate of drug-likeness (QED) is 0.766. The Bertz CT molecular complexity index is 439. The first-order valence-electron chi connectivity index (χ1n) is 6.43. The number of amides is 1. The number of aromatic nitrogens is 2. The fourth-order valence-electron chi connectivity index (χ4n) is 2.20. The summed E-state index contributed by atoms with van der Waals surface area (Å²) in [5.74, 6) is 1.43. The third-order valence-corrected chi connectivity index (χ3v) is 3.21. The Labute approximate surface area is 107 Å². The number of aryl methyl sites for hydroxylation is 1. The molecule has 0 spiro atoms. The number of hydrogen-bond acceptors (Lipinski definition) is 4. The van der Waals surface area contributed by atoms with Gasteiger partial charge in [0.15, 0.2) is 5.82 Å². The molecule has 0 saturated carbocycles. The van der Waals surface area contributed by atoms with E-state index in [1.165, 1.54) is 0 Å². The van der Waals surface area contributed by atoms with E-state index in [1.807, 2.05) is 6.92 Å². The van der Waals surface area contributed by atoms with E-state index < -0.39 is 0 Å². The minimum Gasteiger partial charge on any atom is -0.340 e. The number of hydrogen-bond donors (Lipinski definition) is 0. The van der Waals surface area contributed by atoms with E-state index in [0.717, 1.165) is 19.3 Å². The van der Waals surface area contributed by atoms with Crippen LogP contribution in [0.2, 0.25) is 0 Å². The summed E-state index contributed by atoms with van der Waals surface area (Å²) < 4.78 is 4.92. The lowest BCUT2D eigenvalue weighted by atomic mass is 9.93. The van der Waals surface area contributed by atoms with E-state index in [9.17, 15) is 4.79 Å². The minimum atomic E-state index is 0.114. The highest BCUT2D eigenvalue weighted by Crippen LogP contribution is 2.21. The van der Waals surface area contributed by atoms with Crippen molar-refractivity contribution in [1.82, 2.24) is 15.0 Å². The summed E-state index contributed by atoms with van der Waals surface area (Å²) in [7, 11) is 0. The summed E-state index contributed by atoms with van der Waals surface area (Å²) in [6.07, 6.45) is 7.02. The topological polar surface area (TPSA) is 59.2 Å². The largest absolute Gasteiger partial charge is 0.340 e. The Balaban J connectivity index is 1.99. The zero-order chi connectivity index (χ0) is 13.0. The van der Waals surface area contributed by atoms with Crippen LogP contribution in [-0.4, -0.2) is 27.5 Å². The molecule has 1 aromatic rings. The van der Waals surface area contributed by atoms with E-state index in [-0.39, 0.29) is 11.8 Å². The SMILES string of the molecule is CCN(Cc1noc(C)n1)C(=O)C1CC=CCC1. The molecule has 0 aromatic carbocycles. The fraction of sp³-hybridized carbons (Fsp3) is 0.615. The number of carbonyl (C=O) groups excluding carboxylic acids is 1. The zero-order valence-electron chi connectivity index (χ0n) is 10.9. The average molecular weight is 249 g/mol. The van der Waals surface area contributed by atoms with Crippen molar-refractivity contribution < 1.29 is 9.32 Å². The molecule has 5 heteroatoms. The molecule has 98 valence electrons. The normalized spacial score (nSPS) is 18.9. The summed E-state index contributed by atoms with van der Waals surface area (Å²) in [4.78, 5) is 18.3. The molecule has 0 aliphatic heterocycles. The summed E-state index contributed by atoms with van der Waals surface area (Å²) in [6.45, 7) is 4.84. The lowest BCUT2D eigenvalue weighted by Gasteiger charge is -2.25. The van der Waals surface area contributed by atoms with Gasteiger partial charge in [0.2, 0.25) is 11.8 Å². The maximum atomic E-state index is 12.3. The zero-order valence-corrected chi connectivity index (χ0v) is 10.9. The number of allylic oxidation sites excluding steroid dienone is 2. The van der Waals surface area contributed by atoms with Crippen molar-refractivity contribution in [2.75, 3.05) is 6.54 Å². The van der Waals surface area contributed by atoms with Crippen molar-refractivity contribution in [3.63, 3.8) is 0 Å². The second kappa shape index (κ2) is 5.80. The van der Waals surface area contributed by atoms with Crippen LogP contribution in [0.5, 0.6) is 0 Å². The van der Waals surface area contributed by atoms with Gasteiger partial charge in [0.25, 0.3) is 0 Å². The molecule has 1 unspecified atom stereocenters. The molecule has 2 rings (SSSR count). The first-order valence-corrected chi connectivity index (χ1v) is 6.43. The second-order valence-corrected chi connectivity index (χ2v) is 4.56. The molecule has 1 heterocycles. The van der Waals surface area contributed by atoms with Crippen molar-refractivity contribution in [2.45, 2.75) is 39.7 Å². The number of carbonyl (C=O) groups is 1. The van der Waals surface area contributed by atoms with Crippen molar-refractivity contribution in [2.24, 2.45) is 5.92 Å². The van der Waals surface area contributed by atoms with Gasteiger partial charge in [-0.25, -0.2) is 0 Å². The molecule has 1 aromatic heterocycles. The van der Waals surface area contributed by atoms with E-state index in [4.69, 9.17) is 4.52 Å². The summed E-state index contributed by atoms with van der Waals surface area (Å²) in [5.41, 5.74) is 0. The highest BCUT2D eigenvalue weighted by molar-refractivity contribution is 5.79. The van der Waals surface area contributed by atoms with Gasteiger partial charge in [0, 0.05) is 19.4 Å². The van der Waals surface area contributed by atoms with Crippen molar-refractivity contribution in [3.8, 4) is 0 Å². The third-order valence-electron chi connectivity index (χ3n) is 3.21. The third kappa shape index (κ3) is 2.97. The number of rotatable bonds is 4. The summed E-state index contributed by atoms with van der Waals surface area (Å²) in [5, 5.41) is 3.84. The van der Waals surface area contributed by atoms with Gasteiger partial charge in [-0.05, 0) is 26.2 Å². The molecule has 1 amide bonds. The van der Waals surface area contributed by atoms with Crippen molar-refractivity contribution in [1.29, 1.82) is 0 Å². The van der Waals surface area contributed by atoms with E-state index >= 15 is 0 Å². The number of nitrogens with zero attached hydrogens (tertiary/aromatic N) is 3. The van der Waals surface area contributed by atoms with Gasteiger partial charge < -0.3 is 9.42 Å². The maximum absolute atomic E-state index is 12.3. The molecular formula is C13H19N3O2. The van der Waals surface area contributed by atoms with Gasteiger partial charge in [-0.2, -0.15) is 4.98 Å². The van der Waals surface area contributed by atoms with Crippen LogP contribution in [0.3, 0.4) is 0 Å². The standard InChI is InChI=1S/C13H19N3O2/c1-3-16(9-12-14-10(2)18-15-12)13(17)11-7-5-4-6-8-11/h4-5,11H,3,6-9H2,1-2H3. The second-order valence-electron chi connectivity index (χ2n) is 4.56. The predicted octanol–water partition coefficient (Wildman–Crippen LogP) is 2.08. The summed E-state index contributed by atoms with van der Waals surface area (Å²) in [6, 6.07) is 0. The monoisotopic (exact) mass is 249 g/mol. The van der Waals surface area contributed by atoms with Crippen LogP contribution in [0.4, 0.5) is 0 Å². The van der Waals surface area contributed by atoms with Crippen LogP contribution in [0.15, 0.2) is 16.7 Å². The van der Waals surface area contributed by atoms with Gasteiger partial charge in [-0.1, -0.05) is 17.3 Å². The van der Waals surface area contributed by atoms with Gasteiger partial charge in [-0.3, -0.25) is 4.79 Å². The van der Waals surface area contributed by atoms with E-state index in [1.54, 1.807) is 11.8 Å². The van der Waals surface area contributed by atoms with Crippen LogP contribution in [0.25, 0.3) is 0 Å². The van der Waals surface area contributed by atoms with E-state index in [0.29, 0.717) is 24.8 Å².